The van der Waals surface area contributed by atoms with Crippen LogP contribution in [-0.4, -0.2) is 4.57 Å². The minimum absolute atomic E-state index is 0.909. The Balaban J connectivity index is 1.34. The van der Waals surface area contributed by atoms with Crippen LogP contribution in [0, 0.1) is 0 Å². The van der Waals surface area contributed by atoms with E-state index in [9.17, 15) is 0 Å². The van der Waals surface area contributed by atoms with E-state index in [2.05, 4.69) is 150 Å². The van der Waals surface area contributed by atoms with E-state index < -0.39 is 0 Å². The maximum atomic E-state index is 6.57. The molecular formula is C42H25NO. The first-order valence-electron chi connectivity index (χ1n) is 15.1. The Hall–Kier alpha value is -5.86. The second-order valence-electron chi connectivity index (χ2n) is 11.7. The van der Waals surface area contributed by atoms with E-state index in [1.54, 1.807) is 0 Å². The van der Waals surface area contributed by atoms with Gasteiger partial charge in [0.2, 0.25) is 0 Å². The summed E-state index contributed by atoms with van der Waals surface area (Å²) in [5.74, 6) is 0. The topological polar surface area (TPSA) is 18.1 Å². The molecule has 0 aliphatic rings. The van der Waals surface area contributed by atoms with Crippen LogP contribution in [0.3, 0.4) is 0 Å². The molecule has 2 heteroatoms. The van der Waals surface area contributed by atoms with Gasteiger partial charge in [-0.15, -0.1) is 0 Å². The van der Waals surface area contributed by atoms with Crippen LogP contribution in [-0.2, 0) is 0 Å². The van der Waals surface area contributed by atoms with Crippen molar-refractivity contribution >= 4 is 65.3 Å². The molecule has 0 radical (unpaired) electrons. The van der Waals surface area contributed by atoms with Crippen LogP contribution in [0.1, 0.15) is 0 Å². The van der Waals surface area contributed by atoms with E-state index in [0.29, 0.717) is 0 Å². The molecule has 10 aromatic rings. The summed E-state index contributed by atoms with van der Waals surface area (Å²) >= 11 is 0. The zero-order valence-corrected chi connectivity index (χ0v) is 23.8. The molecule has 0 N–H and O–H groups in total. The number of hydrogen-bond donors (Lipinski definition) is 0. The third-order valence-corrected chi connectivity index (χ3v) is 9.35. The van der Waals surface area contributed by atoms with Crippen molar-refractivity contribution < 1.29 is 4.42 Å². The van der Waals surface area contributed by atoms with E-state index in [1.165, 1.54) is 60.1 Å². The highest BCUT2D eigenvalue weighted by atomic mass is 16.3. The second-order valence-corrected chi connectivity index (χ2v) is 11.7. The standard InChI is InChI=1S/C42H25NO/c1-3-10-26(11-4-1)30-22-18-27-21-25-33-31(23-19-28-20-24-32(30)38(27)39(28)33)34-15-9-16-36-40(34)43(29-12-5-2-6-13-29)41-35-14-7-8-17-37(35)44-42(36)41/h1-25H. The monoisotopic (exact) mass is 559 g/mol. The van der Waals surface area contributed by atoms with Gasteiger partial charge >= 0.3 is 0 Å². The van der Waals surface area contributed by atoms with Crippen molar-refractivity contribution in [2.75, 3.05) is 0 Å². The molecule has 0 bridgehead atoms. The van der Waals surface area contributed by atoms with E-state index in [4.69, 9.17) is 4.42 Å². The van der Waals surface area contributed by atoms with Gasteiger partial charge in [-0.2, -0.15) is 0 Å². The SMILES string of the molecule is c1ccc(-c2ccc3ccc4c(-c5cccc6c7oc8ccccc8c7n(-c7ccccc7)c56)ccc5ccc2c3c54)cc1. The second kappa shape index (κ2) is 8.82. The molecule has 0 amide bonds. The van der Waals surface area contributed by atoms with E-state index >= 15 is 0 Å². The number of hydrogen-bond acceptors (Lipinski definition) is 1. The van der Waals surface area contributed by atoms with Gasteiger partial charge in [0, 0.05) is 22.0 Å². The molecule has 0 fully saturated rings. The van der Waals surface area contributed by atoms with Gasteiger partial charge < -0.3 is 8.98 Å². The van der Waals surface area contributed by atoms with Crippen LogP contribution in [0.4, 0.5) is 0 Å². The lowest BCUT2D eigenvalue weighted by Crippen LogP contribution is -1.96. The van der Waals surface area contributed by atoms with Crippen molar-refractivity contribution in [3.8, 4) is 27.9 Å². The minimum atomic E-state index is 0.909. The van der Waals surface area contributed by atoms with Gasteiger partial charge in [0.25, 0.3) is 0 Å². The highest BCUT2D eigenvalue weighted by Gasteiger charge is 2.23. The zero-order chi connectivity index (χ0) is 28.8. The van der Waals surface area contributed by atoms with Gasteiger partial charge in [-0.1, -0.05) is 121 Å². The van der Waals surface area contributed by atoms with Crippen molar-refractivity contribution in [1.82, 2.24) is 4.57 Å². The van der Waals surface area contributed by atoms with Gasteiger partial charge in [-0.25, -0.2) is 0 Å². The molecule has 0 atom stereocenters. The summed E-state index contributed by atoms with van der Waals surface area (Å²) in [6.07, 6.45) is 0. The molecule has 0 aliphatic carbocycles. The maximum absolute atomic E-state index is 6.57. The predicted molar refractivity (Wildman–Crippen MR) is 185 cm³/mol. The number of fused-ring (bicyclic) bond motifs is 5. The fourth-order valence-electron chi connectivity index (χ4n) is 7.47. The van der Waals surface area contributed by atoms with Crippen molar-refractivity contribution in [2.45, 2.75) is 0 Å². The normalized spacial score (nSPS) is 12.1. The molecule has 0 unspecified atom stereocenters. The average Bonchev–Trinajstić information content (AvgIpc) is 3.63. The van der Waals surface area contributed by atoms with Gasteiger partial charge in [0.1, 0.15) is 11.1 Å². The molecule has 0 spiro atoms. The largest absolute Gasteiger partial charge is 0.454 e. The number of aromatic nitrogens is 1. The fraction of sp³-hybridized carbons (Fsp3) is 0. The number of benzene rings is 8. The molecule has 2 heterocycles. The van der Waals surface area contributed by atoms with E-state index in [1.807, 2.05) is 6.07 Å². The molecule has 0 saturated heterocycles. The molecular weight excluding hydrogens is 534 g/mol. The van der Waals surface area contributed by atoms with Gasteiger partial charge in [-0.05, 0) is 79.3 Å². The fourth-order valence-corrected chi connectivity index (χ4v) is 7.47. The Morgan fingerprint density at radius 1 is 0.386 bits per heavy atom. The highest BCUT2D eigenvalue weighted by Crippen LogP contribution is 2.46. The van der Waals surface area contributed by atoms with Crippen molar-refractivity contribution in [3.05, 3.63) is 152 Å². The van der Waals surface area contributed by atoms with E-state index in [0.717, 1.165) is 33.1 Å². The summed E-state index contributed by atoms with van der Waals surface area (Å²) in [6, 6.07) is 54.7. The molecule has 204 valence electrons. The summed E-state index contributed by atoms with van der Waals surface area (Å²) < 4.78 is 8.97. The maximum Gasteiger partial charge on any atom is 0.161 e. The lowest BCUT2D eigenvalue weighted by Gasteiger charge is -2.17. The summed E-state index contributed by atoms with van der Waals surface area (Å²) in [6.45, 7) is 0. The Kier molecular flexibility index (Phi) is 4.75. The summed E-state index contributed by atoms with van der Waals surface area (Å²) in [7, 11) is 0. The highest BCUT2D eigenvalue weighted by molar-refractivity contribution is 6.29. The number of nitrogens with zero attached hydrogens (tertiary/aromatic N) is 1. The van der Waals surface area contributed by atoms with E-state index in [-0.39, 0.29) is 0 Å². The Bertz CT molecular complexity index is 2690. The average molecular weight is 560 g/mol. The number of rotatable bonds is 3. The summed E-state index contributed by atoms with van der Waals surface area (Å²) in [5, 5.41) is 9.97. The van der Waals surface area contributed by atoms with Crippen LogP contribution in [0.5, 0.6) is 0 Å². The molecule has 10 rings (SSSR count). The predicted octanol–water partition coefficient (Wildman–Crippen LogP) is 11.8. The zero-order valence-electron chi connectivity index (χ0n) is 23.8. The van der Waals surface area contributed by atoms with Crippen molar-refractivity contribution in [1.29, 1.82) is 0 Å². The van der Waals surface area contributed by atoms with Gasteiger partial charge in [0.05, 0.1) is 5.52 Å². The Morgan fingerprint density at radius 2 is 1.00 bits per heavy atom. The van der Waals surface area contributed by atoms with Crippen LogP contribution in [0.15, 0.2) is 156 Å². The third kappa shape index (κ3) is 3.14. The van der Waals surface area contributed by atoms with Crippen LogP contribution in [0.2, 0.25) is 0 Å². The molecule has 0 saturated carbocycles. The smallest absolute Gasteiger partial charge is 0.161 e. The van der Waals surface area contributed by atoms with Gasteiger partial charge in [0.15, 0.2) is 5.58 Å². The first-order valence-corrected chi connectivity index (χ1v) is 15.1. The summed E-state index contributed by atoms with van der Waals surface area (Å²) in [4.78, 5) is 0. The quantitative estimate of drug-likeness (QED) is 0.197. The number of para-hydroxylation sites is 3. The lowest BCUT2D eigenvalue weighted by atomic mass is 9.87. The molecule has 44 heavy (non-hydrogen) atoms. The molecule has 0 aliphatic heterocycles. The van der Waals surface area contributed by atoms with Crippen molar-refractivity contribution in [2.24, 2.45) is 0 Å². The van der Waals surface area contributed by atoms with Gasteiger partial charge in [-0.3, -0.25) is 0 Å². The van der Waals surface area contributed by atoms with Crippen LogP contribution in [0.25, 0.3) is 93.2 Å². The Morgan fingerprint density at radius 3 is 1.77 bits per heavy atom. The first kappa shape index (κ1) is 23.7. The summed E-state index contributed by atoms with van der Waals surface area (Å²) in [5.41, 5.74) is 10.2. The molecule has 2 aromatic heterocycles. The lowest BCUT2D eigenvalue weighted by molar-refractivity contribution is 0.673. The molecule has 8 aromatic carbocycles. The number of furan rings is 1. The minimum Gasteiger partial charge on any atom is -0.454 e. The first-order chi connectivity index (χ1) is 21.8. The molecule has 2 nitrogen and oxygen atoms in total. The Labute approximate surface area is 253 Å². The third-order valence-electron chi connectivity index (χ3n) is 9.35. The van der Waals surface area contributed by atoms with Crippen LogP contribution >= 0.6 is 0 Å². The van der Waals surface area contributed by atoms with Crippen molar-refractivity contribution in [3.63, 3.8) is 0 Å². The van der Waals surface area contributed by atoms with Crippen LogP contribution < -0.4 is 0 Å².